The molecule has 118 valence electrons. The number of nitrogens with zero attached hydrogens (tertiary/aromatic N) is 1. The molecule has 1 rings (SSSR count). The molecule has 0 amide bonds. The predicted molar refractivity (Wildman–Crippen MR) is 81.5 cm³/mol. The van der Waals surface area contributed by atoms with Crippen LogP contribution in [0.25, 0.3) is 0 Å². The summed E-state index contributed by atoms with van der Waals surface area (Å²) in [5.41, 5.74) is 0.118. The average Bonchev–Trinajstić information content (AvgIpc) is 2.41. The Morgan fingerprint density at radius 2 is 1.95 bits per heavy atom. The Bertz CT molecular complexity index is 440. The highest BCUT2D eigenvalue weighted by molar-refractivity contribution is 5.35. The number of hydrogen-bond acceptors (Lipinski definition) is 5. The average molecular weight is 296 g/mol. The van der Waals surface area contributed by atoms with Crippen LogP contribution in [0.2, 0.25) is 0 Å². The van der Waals surface area contributed by atoms with Crippen molar-refractivity contribution in [2.45, 2.75) is 33.2 Å². The van der Waals surface area contributed by atoms with E-state index < -0.39 is 4.92 Å². The zero-order valence-corrected chi connectivity index (χ0v) is 12.8. The first kappa shape index (κ1) is 17.4. The summed E-state index contributed by atoms with van der Waals surface area (Å²) in [5.74, 6) is 0.608. The molecule has 0 aliphatic rings. The van der Waals surface area contributed by atoms with Crippen LogP contribution in [0.5, 0.6) is 5.75 Å². The van der Waals surface area contributed by atoms with E-state index in [2.05, 4.69) is 26.1 Å². The SMILES string of the molecule is CC(C)(C)C(CCO)NCCOc1ccc([N+](=O)[O-])cc1. The molecule has 0 aliphatic heterocycles. The van der Waals surface area contributed by atoms with Crippen molar-refractivity contribution in [3.05, 3.63) is 34.4 Å². The van der Waals surface area contributed by atoms with Gasteiger partial charge in [-0.1, -0.05) is 20.8 Å². The largest absolute Gasteiger partial charge is 0.492 e. The summed E-state index contributed by atoms with van der Waals surface area (Å²) in [5, 5.41) is 23.0. The lowest BCUT2D eigenvalue weighted by Gasteiger charge is -2.31. The zero-order valence-electron chi connectivity index (χ0n) is 12.8. The summed E-state index contributed by atoms with van der Waals surface area (Å²) in [6.45, 7) is 7.64. The number of ether oxygens (including phenoxy) is 1. The molecule has 0 saturated heterocycles. The number of nitrogens with one attached hydrogen (secondary N) is 1. The van der Waals surface area contributed by atoms with E-state index in [0.29, 0.717) is 25.3 Å². The van der Waals surface area contributed by atoms with Gasteiger partial charge in [-0.15, -0.1) is 0 Å². The molecule has 6 nitrogen and oxygen atoms in total. The first-order valence-electron chi connectivity index (χ1n) is 7.06. The van der Waals surface area contributed by atoms with Gasteiger partial charge in [-0.25, -0.2) is 0 Å². The minimum atomic E-state index is -0.436. The number of aliphatic hydroxyl groups is 1. The third-order valence-electron chi connectivity index (χ3n) is 3.27. The van der Waals surface area contributed by atoms with E-state index in [1.54, 1.807) is 12.1 Å². The Kier molecular flexibility index (Phi) is 6.58. The summed E-state index contributed by atoms with van der Waals surface area (Å²) in [4.78, 5) is 10.1. The van der Waals surface area contributed by atoms with Gasteiger partial charge in [0.25, 0.3) is 5.69 Å². The Labute approximate surface area is 125 Å². The minimum absolute atomic E-state index is 0.0521. The number of nitro benzene ring substituents is 1. The van der Waals surface area contributed by atoms with Crippen LogP contribution < -0.4 is 10.1 Å². The van der Waals surface area contributed by atoms with Gasteiger partial charge >= 0.3 is 0 Å². The van der Waals surface area contributed by atoms with Crippen molar-refractivity contribution >= 4 is 5.69 Å². The summed E-state index contributed by atoms with van der Waals surface area (Å²) in [6.07, 6.45) is 0.695. The van der Waals surface area contributed by atoms with Gasteiger partial charge in [0.15, 0.2) is 0 Å². The zero-order chi connectivity index (χ0) is 15.9. The molecule has 0 heterocycles. The van der Waals surface area contributed by atoms with E-state index >= 15 is 0 Å². The van der Waals surface area contributed by atoms with Crippen molar-refractivity contribution in [1.82, 2.24) is 5.32 Å². The fraction of sp³-hybridized carbons (Fsp3) is 0.600. The highest BCUT2D eigenvalue weighted by Crippen LogP contribution is 2.21. The van der Waals surface area contributed by atoms with Crippen LogP contribution in [0.1, 0.15) is 27.2 Å². The monoisotopic (exact) mass is 296 g/mol. The van der Waals surface area contributed by atoms with Crippen LogP contribution in [-0.4, -0.2) is 35.8 Å². The van der Waals surface area contributed by atoms with Crippen molar-refractivity contribution in [2.75, 3.05) is 19.8 Å². The maximum atomic E-state index is 10.5. The molecule has 1 unspecified atom stereocenters. The number of nitro groups is 1. The van der Waals surface area contributed by atoms with Crippen LogP contribution in [0.15, 0.2) is 24.3 Å². The minimum Gasteiger partial charge on any atom is -0.492 e. The Balaban J connectivity index is 2.37. The second kappa shape index (κ2) is 7.95. The molecule has 0 spiro atoms. The van der Waals surface area contributed by atoms with Gasteiger partial charge in [0, 0.05) is 31.3 Å². The molecule has 0 saturated carbocycles. The van der Waals surface area contributed by atoms with E-state index in [9.17, 15) is 10.1 Å². The smallest absolute Gasteiger partial charge is 0.269 e. The summed E-state index contributed by atoms with van der Waals surface area (Å²) < 4.78 is 5.53. The van der Waals surface area contributed by atoms with Gasteiger partial charge in [0.05, 0.1) is 4.92 Å². The number of hydrogen-bond donors (Lipinski definition) is 2. The summed E-state index contributed by atoms with van der Waals surface area (Å²) in [7, 11) is 0. The van der Waals surface area contributed by atoms with E-state index in [1.807, 2.05) is 0 Å². The van der Waals surface area contributed by atoms with E-state index in [0.717, 1.165) is 0 Å². The number of benzene rings is 1. The van der Waals surface area contributed by atoms with Crippen molar-refractivity contribution in [1.29, 1.82) is 0 Å². The molecule has 1 aromatic rings. The topological polar surface area (TPSA) is 84.6 Å². The highest BCUT2D eigenvalue weighted by atomic mass is 16.6. The van der Waals surface area contributed by atoms with Crippen LogP contribution >= 0.6 is 0 Å². The van der Waals surface area contributed by atoms with Gasteiger partial charge < -0.3 is 15.2 Å². The molecule has 1 atom stereocenters. The number of rotatable bonds is 8. The van der Waals surface area contributed by atoms with E-state index in [-0.39, 0.29) is 23.8 Å². The third-order valence-corrected chi connectivity index (χ3v) is 3.27. The molecule has 2 N–H and O–H groups in total. The van der Waals surface area contributed by atoms with Gasteiger partial charge in [-0.2, -0.15) is 0 Å². The molecule has 0 aliphatic carbocycles. The van der Waals surface area contributed by atoms with Gasteiger partial charge in [-0.3, -0.25) is 10.1 Å². The normalized spacial score (nSPS) is 13.0. The molecule has 0 bridgehead atoms. The van der Waals surface area contributed by atoms with Gasteiger partial charge in [0.1, 0.15) is 12.4 Å². The summed E-state index contributed by atoms with van der Waals surface area (Å²) >= 11 is 0. The lowest BCUT2D eigenvalue weighted by Crippen LogP contribution is -2.42. The second-order valence-electron chi connectivity index (χ2n) is 5.98. The van der Waals surface area contributed by atoms with E-state index in [1.165, 1.54) is 12.1 Å². The van der Waals surface area contributed by atoms with Crippen molar-refractivity contribution < 1.29 is 14.8 Å². The highest BCUT2D eigenvalue weighted by Gasteiger charge is 2.23. The fourth-order valence-electron chi connectivity index (χ4n) is 2.04. The Morgan fingerprint density at radius 3 is 2.43 bits per heavy atom. The van der Waals surface area contributed by atoms with Crippen LogP contribution in [0.3, 0.4) is 0 Å². The molecule has 6 heteroatoms. The number of aliphatic hydroxyl groups excluding tert-OH is 1. The molecule has 0 radical (unpaired) electrons. The molecule has 21 heavy (non-hydrogen) atoms. The molecular weight excluding hydrogens is 272 g/mol. The van der Waals surface area contributed by atoms with Crippen molar-refractivity contribution in [3.63, 3.8) is 0 Å². The van der Waals surface area contributed by atoms with E-state index in [4.69, 9.17) is 9.84 Å². The first-order valence-corrected chi connectivity index (χ1v) is 7.06. The standard InChI is InChI=1S/C15H24N2O4/c1-15(2,3)14(8-10-18)16-9-11-21-13-6-4-12(5-7-13)17(19)20/h4-7,14,16,18H,8-11H2,1-3H3. The number of non-ortho nitro benzene ring substituents is 1. The molecule has 1 aromatic carbocycles. The lowest BCUT2D eigenvalue weighted by atomic mass is 9.85. The van der Waals surface area contributed by atoms with Gasteiger partial charge in [-0.05, 0) is 24.0 Å². The maximum absolute atomic E-state index is 10.5. The third kappa shape index (κ3) is 6.10. The Hall–Kier alpha value is -1.66. The van der Waals surface area contributed by atoms with Gasteiger partial charge in [0.2, 0.25) is 0 Å². The maximum Gasteiger partial charge on any atom is 0.269 e. The van der Waals surface area contributed by atoms with Crippen molar-refractivity contribution in [2.24, 2.45) is 5.41 Å². The fourth-order valence-corrected chi connectivity index (χ4v) is 2.04. The predicted octanol–water partition coefficient (Wildman–Crippen LogP) is 2.36. The molecule has 0 aromatic heterocycles. The second-order valence-corrected chi connectivity index (χ2v) is 5.98. The Morgan fingerprint density at radius 1 is 1.33 bits per heavy atom. The van der Waals surface area contributed by atoms with Crippen molar-refractivity contribution in [3.8, 4) is 5.75 Å². The summed E-state index contributed by atoms with van der Waals surface area (Å²) in [6, 6.07) is 6.24. The van der Waals surface area contributed by atoms with Crippen LogP contribution in [0.4, 0.5) is 5.69 Å². The molecule has 0 fully saturated rings. The van der Waals surface area contributed by atoms with Crippen LogP contribution in [-0.2, 0) is 0 Å². The molecular formula is C15H24N2O4. The first-order chi connectivity index (χ1) is 9.84. The van der Waals surface area contributed by atoms with Crippen LogP contribution in [0, 0.1) is 15.5 Å². The lowest BCUT2D eigenvalue weighted by molar-refractivity contribution is -0.384. The quantitative estimate of drug-likeness (QED) is 0.437.